The number of rotatable bonds is 14. The Balaban J connectivity index is 0.00000324. The summed E-state index contributed by atoms with van der Waals surface area (Å²) in [6.07, 6.45) is 14.6. The van der Waals surface area contributed by atoms with Crippen LogP contribution in [-0.4, -0.2) is 67.9 Å². The van der Waals surface area contributed by atoms with E-state index >= 15 is 0 Å². The maximum Gasteiger partial charge on any atom is 0.411 e. The molecule has 208 valence electrons. The fourth-order valence-corrected chi connectivity index (χ4v) is 5.03. The number of hydrogen-bond acceptors (Lipinski definition) is 5. The van der Waals surface area contributed by atoms with E-state index in [0.717, 1.165) is 57.1 Å². The Morgan fingerprint density at radius 3 is 2.06 bits per heavy atom. The lowest BCUT2D eigenvalue weighted by atomic mass is 10.1. The summed E-state index contributed by atoms with van der Waals surface area (Å²) < 4.78 is 11.9. The third-order valence-corrected chi connectivity index (χ3v) is 6.94. The molecule has 0 saturated carbocycles. The number of ether oxygens (including phenoxy) is 2. The molecule has 1 N–H and O–H groups in total. The van der Waals surface area contributed by atoms with Crippen molar-refractivity contribution in [2.24, 2.45) is 0 Å². The van der Waals surface area contributed by atoms with Gasteiger partial charge in [-0.15, -0.1) is 24.8 Å². The van der Waals surface area contributed by atoms with Crippen LogP contribution in [-0.2, 0) is 4.74 Å². The van der Waals surface area contributed by atoms with Crippen molar-refractivity contribution in [2.75, 3.05) is 51.2 Å². The topological polar surface area (TPSA) is 54.0 Å². The number of carbonyl (C=O) groups is 1. The molecule has 2 aliphatic rings. The van der Waals surface area contributed by atoms with E-state index in [4.69, 9.17) is 9.47 Å². The quantitative estimate of drug-likeness (QED) is 0.251. The lowest BCUT2D eigenvalue weighted by Gasteiger charge is -2.34. The van der Waals surface area contributed by atoms with Crippen LogP contribution in [0.3, 0.4) is 0 Å². The van der Waals surface area contributed by atoms with Gasteiger partial charge in [0.15, 0.2) is 0 Å². The first-order valence-corrected chi connectivity index (χ1v) is 13.9. The largest absolute Gasteiger partial charge is 0.494 e. The normalized spacial score (nSPS) is 16.6. The molecular weight excluding hydrogens is 497 g/mol. The zero-order chi connectivity index (χ0) is 23.8. The molecule has 2 heterocycles. The Kier molecular flexibility index (Phi) is 18.1. The van der Waals surface area contributed by atoms with E-state index in [1.807, 2.05) is 24.3 Å². The van der Waals surface area contributed by atoms with E-state index in [-0.39, 0.29) is 37.0 Å². The predicted molar refractivity (Wildman–Crippen MR) is 154 cm³/mol. The molecule has 2 saturated heterocycles. The minimum Gasteiger partial charge on any atom is -0.494 e. The molecule has 2 fully saturated rings. The van der Waals surface area contributed by atoms with Crippen LogP contribution in [0.5, 0.6) is 5.75 Å². The molecule has 6 nitrogen and oxygen atoms in total. The highest BCUT2D eigenvalue weighted by molar-refractivity contribution is 5.86. The second kappa shape index (κ2) is 19.8. The number of piperidine rings is 2. The molecule has 36 heavy (non-hydrogen) atoms. The second-order valence-corrected chi connectivity index (χ2v) is 10.0. The predicted octanol–water partition coefficient (Wildman–Crippen LogP) is 7.16. The van der Waals surface area contributed by atoms with Crippen LogP contribution in [0, 0.1) is 0 Å². The number of halogens is 2. The molecule has 0 atom stereocenters. The van der Waals surface area contributed by atoms with Crippen molar-refractivity contribution in [1.29, 1.82) is 0 Å². The standard InChI is InChI=1S/C28H47N3O3.2ClH/c1-2-3-4-5-6-13-21-33-26-16-14-15-25(22-26)29-28(32)34-27(23-30-17-9-7-10-18-30)24-31-19-11-8-12-20-31;;/h14-16,22,27H,2-13,17-21,23-24H2,1H3,(H,29,32);2*1H. The van der Waals surface area contributed by atoms with Crippen molar-refractivity contribution in [3.8, 4) is 5.75 Å². The highest BCUT2D eigenvalue weighted by atomic mass is 35.5. The summed E-state index contributed by atoms with van der Waals surface area (Å²) in [5, 5.41) is 2.93. The van der Waals surface area contributed by atoms with E-state index < -0.39 is 0 Å². The van der Waals surface area contributed by atoms with Crippen molar-refractivity contribution >= 4 is 36.6 Å². The Hall–Kier alpha value is -1.21. The Morgan fingerprint density at radius 2 is 1.44 bits per heavy atom. The summed E-state index contributed by atoms with van der Waals surface area (Å²) in [7, 11) is 0. The summed E-state index contributed by atoms with van der Waals surface area (Å²) >= 11 is 0. The van der Waals surface area contributed by atoms with Crippen LogP contribution in [0.25, 0.3) is 0 Å². The van der Waals surface area contributed by atoms with E-state index in [9.17, 15) is 4.79 Å². The number of benzene rings is 1. The van der Waals surface area contributed by atoms with Crippen LogP contribution < -0.4 is 10.1 Å². The molecule has 0 unspecified atom stereocenters. The van der Waals surface area contributed by atoms with Gasteiger partial charge in [0.05, 0.1) is 6.61 Å². The van der Waals surface area contributed by atoms with E-state index in [2.05, 4.69) is 22.0 Å². The minimum atomic E-state index is -0.368. The van der Waals surface area contributed by atoms with Crippen LogP contribution >= 0.6 is 24.8 Å². The number of nitrogens with one attached hydrogen (secondary N) is 1. The first-order chi connectivity index (χ1) is 16.7. The van der Waals surface area contributed by atoms with Crippen molar-refractivity contribution in [3.63, 3.8) is 0 Å². The van der Waals surface area contributed by atoms with Crippen molar-refractivity contribution in [2.45, 2.75) is 90.1 Å². The number of nitrogens with zero attached hydrogens (tertiary/aromatic N) is 2. The molecule has 8 heteroatoms. The maximum atomic E-state index is 12.8. The summed E-state index contributed by atoms with van der Waals surface area (Å²) in [5.41, 5.74) is 0.722. The molecule has 0 aliphatic carbocycles. The van der Waals surface area contributed by atoms with Crippen molar-refractivity contribution < 1.29 is 14.3 Å². The highest BCUT2D eigenvalue weighted by Gasteiger charge is 2.23. The van der Waals surface area contributed by atoms with Crippen molar-refractivity contribution in [3.05, 3.63) is 24.3 Å². The Bertz CT molecular complexity index is 678. The smallest absolute Gasteiger partial charge is 0.411 e. The molecule has 0 radical (unpaired) electrons. The molecule has 0 aromatic heterocycles. The Morgan fingerprint density at radius 1 is 0.861 bits per heavy atom. The van der Waals surface area contributed by atoms with Crippen LogP contribution in [0.15, 0.2) is 24.3 Å². The summed E-state index contributed by atoms with van der Waals surface area (Å²) in [6, 6.07) is 7.65. The highest BCUT2D eigenvalue weighted by Crippen LogP contribution is 2.19. The fraction of sp³-hybridized carbons (Fsp3) is 0.750. The van der Waals surface area contributed by atoms with Gasteiger partial charge in [0.25, 0.3) is 0 Å². The van der Waals surface area contributed by atoms with Crippen molar-refractivity contribution in [1.82, 2.24) is 9.80 Å². The molecule has 1 aromatic rings. The fourth-order valence-electron chi connectivity index (χ4n) is 5.03. The summed E-state index contributed by atoms with van der Waals surface area (Å²) in [6.45, 7) is 9.05. The monoisotopic (exact) mass is 545 g/mol. The number of carbonyl (C=O) groups excluding carboxylic acids is 1. The van der Waals surface area contributed by atoms with Crippen LogP contribution in [0.1, 0.15) is 84.0 Å². The molecule has 2 aliphatic heterocycles. The molecule has 1 aromatic carbocycles. The molecule has 0 spiro atoms. The zero-order valence-corrected chi connectivity index (χ0v) is 23.9. The lowest BCUT2D eigenvalue weighted by molar-refractivity contribution is 0.0438. The van der Waals surface area contributed by atoms with Gasteiger partial charge < -0.3 is 9.47 Å². The van der Waals surface area contributed by atoms with Gasteiger partial charge in [-0.3, -0.25) is 15.1 Å². The minimum absolute atomic E-state index is 0. The van der Waals surface area contributed by atoms with E-state index in [0.29, 0.717) is 6.61 Å². The third-order valence-electron chi connectivity index (χ3n) is 6.94. The molecule has 0 bridgehead atoms. The first-order valence-electron chi connectivity index (χ1n) is 13.9. The van der Waals surface area contributed by atoms with Gasteiger partial charge in [0.1, 0.15) is 11.9 Å². The van der Waals surface area contributed by atoms with E-state index in [1.54, 1.807) is 0 Å². The average molecular weight is 547 g/mol. The van der Waals surface area contributed by atoms with Gasteiger partial charge in [-0.25, -0.2) is 4.79 Å². The number of unbranched alkanes of at least 4 members (excludes halogenated alkanes) is 5. The van der Waals surface area contributed by atoms with Crippen LogP contribution in [0.2, 0.25) is 0 Å². The number of likely N-dealkylation sites (tertiary alicyclic amines) is 2. The maximum absolute atomic E-state index is 12.8. The van der Waals surface area contributed by atoms with Crippen LogP contribution in [0.4, 0.5) is 10.5 Å². The first kappa shape index (κ1) is 32.8. The molecular formula is C28H49Cl2N3O3. The number of anilines is 1. The number of amides is 1. The van der Waals surface area contributed by atoms with E-state index in [1.165, 1.54) is 70.6 Å². The van der Waals surface area contributed by atoms with Gasteiger partial charge in [-0.05, 0) is 70.4 Å². The number of hydrogen-bond donors (Lipinski definition) is 1. The third kappa shape index (κ3) is 13.4. The molecule has 3 rings (SSSR count). The second-order valence-electron chi connectivity index (χ2n) is 10.0. The average Bonchev–Trinajstić information content (AvgIpc) is 2.85. The lowest BCUT2D eigenvalue weighted by Crippen LogP contribution is -2.45. The Labute approximate surface area is 231 Å². The van der Waals surface area contributed by atoms with Gasteiger partial charge in [0, 0.05) is 24.8 Å². The zero-order valence-electron chi connectivity index (χ0n) is 22.3. The summed E-state index contributed by atoms with van der Waals surface area (Å²) in [4.78, 5) is 17.7. The van der Waals surface area contributed by atoms with Gasteiger partial charge in [-0.2, -0.15) is 0 Å². The van der Waals surface area contributed by atoms with Gasteiger partial charge >= 0.3 is 6.09 Å². The summed E-state index contributed by atoms with van der Waals surface area (Å²) in [5.74, 6) is 0.796. The SMILES string of the molecule is CCCCCCCCOc1cccc(NC(=O)OC(CN2CCCCC2)CN2CCCCC2)c1.Cl.Cl. The van der Waals surface area contributed by atoms with Gasteiger partial charge in [0.2, 0.25) is 0 Å². The van der Waals surface area contributed by atoms with Gasteiger partial charge in [-0.1, -0.05) is 57.9 Å². The molecule has 1 amide bonds.